The maximum absolute atomic E-state index is 12.9. The molecule has 2 amide bonds. The lowest BCUT2D eigenvalue weighted by molar-refractivity contribution is -0.137. The molecule has 0 saturated carbocycles. The highest BCUT2D eigenvalue weighted by Crippen LogP contribution is 2.36. The number of anilines is 1. The summed E-state index contributed by atoms with van der Waals surface area (Å²) in [5.41, 5.74) is 5.37. The molecule has 0 bridgehead atoms. The number of carbonyl (C=O) groups excluding carboxylic acids is 2. The lowest BCUT2D eigenvalue weighted by Crippen LogP contribution is -2.32. The summed E-state index contributed by atoms with van der Waals surface area (Å²) in [6, 6.07) is 12.6. The zero-order valence-corrected chi connectivity index (χ0v) is 18.7. The van der Waals surface area contributed by atoms with Gasteiger partial charge in [0.25, 0.3) is 0 Å². The van der Waals surface area contributed by atoms with Gasteiger partial charge < -0.3 is 9.88 Å². The quantitative estimate of drug-likeness (QED) is 0.310. The van der Waals surface area contributed by atoms with E-state index < -0.39 is 28.6 Å². The van der Waals surface area contributed by atoms with Crippen LogP contribution in [0.2, 0.25) is 5.02 Å². The van der Waals surface area contributed by atoms with Crippen LogP contribution in [0.4, 0.5) is 18.9 Å². The molecule has 0 fully saturated rings. The molecule has 3 aromatic rings. The van der Waals surface area contributed by atoms with Crippen LogP contribution >= 0.6 is 11.6 Å². The number of halogens is 4. The Balaban J connectivity index is 1.68. The molecule has 0 spiro atoms. The normalized spacial score (nSPS) is 11.6. The lowest BCUT2D eigenvalue weighted by Gasteiger charge is -2.11. The number of rotatable bonds is 4. The minimum absolute atomic E-state index is 0.224. The van der Waals surface area contributed by atoms with Crippen molar-refractivity contribution in [3.05, 3.63) is 81.6 Å². The first-order valence-electron chi connectivity index (χ1n) is 9.74. The molecule has 10 heteroatoms. The number of nitrogens with zero attached hydrogens (tertiary/aromatic N) is 2. The van der Waals surface area contributed by atoms with Crippen LogP contribution in [0.5, 0.6) is 0 Å². The van der Waals surface area contributed by atoms with E-state index in [1.807, 2.05) is 55.7 Å². The second-order valence-electron chi connectivity index (χ2n) is 7.35. The second kappa shape index (κ2) is 9.50. The summed E-state index contributed by atoms with van der Waals surface area (Å²) in [5.74, 6) is -2.31. The van der Waals surface area contributed by atoms with Crippen molar-refractivity contribution in [2.24, 2.45) is 5.10 Å². The summed E-state index contributed by atoms with van der Waals surface area (Å²) >= 11 is 5.55. The van der Waals surface area contributed by atoms with Gasteiger partial charge in [-0.2, -0.15) is 18.3 Å². The number of hydrogen-bond acceptors (Lipinski definition) is 3. The van der Waals surface area contributed by atoms with Crippen molar-refractivity contribution in [1.82, 2.24) is 9.99 Å². The Kier molecular flexibility index (Phi) is 6.92. The highest BCUT2D eigenvalue weighted by Gasteiger charge is 2.33. The molecule has 1 aromatic heterocycles. The molecule has 2 N–H and O–H groups in total. The third kappa shape index (κ3) is 5.61. The van der Waals surface area contributed by atoms with E-state index in [1.165, 1.54) is 6.21 Å². The van der Waals surface area contributed by atoms with Gasteiger partial charge in [-0.15, -0.1) is 0 Å². The van der Waals surface area contributed by atoms with Gasteiger partial charge in [-0.25, -0.2) is 5.43 Å². The maximum atomic E-state index is 12.9. The van der Waals surface area contributed by atoms with Gasteiger partial charge in [-0.05, 0) is 62.7 Å². The summed E-state index contributed by atoms with van der Waals surface area (Å²) in [6.45, 7) is 5.82. The van der Waals surface area contributed by atoms with Crippen LogP contribution in [0.1, 0.15) is 28.1 Å². The number of amides is 2. The van der Waals surface area contributed by atoms with E-state index in [-0.39, 0.29) is 5.69 Å². The van der Waals surface area contributed by atoms with Crippen molar-refractivity contribution in [3.63, 3.8) is 0 Å². The van der Waals surface area contributed by atoms with Gasteiger partial charge in [0.05, 0.1) is 16.8 Å². The minimum atomic E-state index is -4.70. The molecular weight excluding hydrogens is 457 g/mol. The Morgan fingerprint density at radius 3 is 2.42 bits per heavy atom. The highest BCUT2D eigenvalue weighted by atomic mass is 35.5. The predicted molar refractivity (Wildman–Crippen MR) is 121 cm³/mol. The number of aromatic nitrogens is 1. The van der Waals surface area contributed by atoms with Gasteiger partial charge in [0.15, 0.2) is 0 Å². The highest BCUT2D eigenvalue weighted by molar-refractivity contribution is 6.39. The zero-order chi connectivity index (χ0) is 24.3. The molecule has 0 saturated heterocycles. The van der Waals surface area contributed by atoms with E-state index in [4.69, 9.17) is 11.6 Å². The van der Waals surface area contributed by atoms with Gasteiger partial charge in [-0.1, -0.05) is 23.7 Å². The first-order chi connectivity index (χ1) is 15.5. The first-order valence-corrected chi connectivity index (χ1v) is 10.1. The zero-order valence-electron chi connectivity index (χ0n) is 17.9. The standard InChI is InChI=1S/C23H20ClF3N4O2/c1-13-5-4-6-18(9-13)31-14(2)10-16(15(31)3)12-28-30-22(33)21(32)29-17-7-8-20(24)19(11-17)23(25,26)27/h4-12H,1-3H3,(H,29,32)(H,30,33)/b28-12-. The van der Waals surface area contributed by atoms with Crippen molar-refractivity contribution in [3.8, 4) is 5.69 Å². The van der Waals surface area contributed by atoms with Gasteiger partial charge in [0.1, 0.15) is 0 Å². The summed E-state index contributed by atoms with van der Waals surface area (Å²) in [6.07, 6.45) is -3.31. The smallest absolute Gasteiger partial charge is 0.318 e. The molecule has 2 aromatic carbocycles. The molecule has 0 radical (unpaired) electrons. The van der Waals surface area contributed by atoms with Crippen molar-refractivity contribution < 1.29 is 22.8 Å². The molecule has 1 heterocycles. The molecule has 0 unspecified atom stereocenters. The Hall–Kier alpha value is -3.59. The Bertz CT molecular complexity index is 1250. The van der Waals surface area contributed by atoms with Gasteiger partial charge in [0, 0.05) is 28.3 Å². The molecule has 0 aliphatic heterocycles. The molecule has 33 heavy (non-hydrogen) atoms. The third-order valence-corrected chi connectivity index (χ3v) is 5.17. The van der Waals surface area contributed by atoms with Crippen LogP contribution in [0.15, 0.2) is 53.6 Å². The molecule has 6 nitrogen and oxygen atoms in total. The van der Waals surface area contributed by atoms with Crippen LogP contribution in [0.25, 0.3) is 5.69 Å². The first kappa shape index (κ1) is 24.1. The monoisotopic (exact) mass is 476 g/mol. The second-order valence-corrected chi connectivity index (χ2v) is 7.75. The number of carbonyl (C=O) groups is 2. The van der Waals surface area contributed by atoms with Crippen LogP contribution in [0, 0.1) is 20.8 Å². The summed E-state index contributed by atoms with van der Waals surface area (Å²) in [7, 11) is 0. The van der Waals surface area contributed by atoms with Crippen molar-refractivity contribution in [2.45, 2.75) is 26.9 Å². The molecule has 0 atom stereocenters. The summed E-state index contributed by atoms with van der Waals surface area (Å²) in [4.78, 5) is 24.0. The van der Waals surface area contributed by atoms with E-state index in [0.717, 1.165) is 40.3 Å². The molecule has 0 aliphatic carbocycles. The fourth-order valence-electron chi connectivity index (χ4n) is 3.30. The predicted octanol–water partition coefficient (Wildman–Crippen LogP) is 5.16. The lowest BCUT2D eigenvalue weighted by atomic mass is 10.2. The van der Waals surface area contributed by atoms with Crippen molar-refractivity contribution in [1.29, 1.82) is 0 Å². The van der Waals surface area contributed by atoms with Crippen LogP contribution in [-0.2, 0) is 15.8 Å². The fourth-order valence-corrected chi connectivity index (χ4v) is 3.53. The number of alkyl halides is 3. The Labute approximate surface area is 193 Å². The van der Waals surface area contributed by atoms with E-state index in [2.05, 4.69) is 15.8 Å². The van der Waals surface area contributed by atoms with E-state index in [0.29, 0.717) is 6.07 Å². The minimum Gasteiger partial charge on any atom is -0.318 e. The number of nitrogens with one attached hydrogen (secondary N) is 2. The third-order valence-electron chi connectivity index (χ3n) is 4.84. The fraction of sp³-hybridized carbons (Fsp3) is 0.174. The van der Waals surface area contributed by atoms with E-state index in [9.17, 15) is 22.8 Å². The average molecular weight is 477 g/mol. The van der Waals surface area contributed by atoms with Gasteiger partial charge in [-0.3, -0.25) is 9.59 Å². The van der Waals surface area contributed by atoms with Gasteiger partial charge >= 0.3 is 18.0 Å². The summed E-state index contributed by atoms with van der Waals surface area (Å²) in [5, 5.41) is 5.38. The maximum Gasteiger partial charge on any atom is 0.417 e. The van der Waals surface area contributed by atoms with Gasteiger partial charge in [0.2, 0.25) is 0 Å². The molecule has 172 valence electrons. The number of hydrazone groups is 1. The Morgan fingerprint density at radius 2 is 1.76 bits per heavy atom. The number of hydrogen-bond donors (Lipinski definition) is 2. The Morgan fingerprint density at radius 1 is 1.03 bits per heavy atom. The van der Waals surface area contributed by atoms with E-state index in [1.54, 1.807) is 0 Å². The number of benzene rings is 2. The molecule has 0 aliphatic rings. The van der Waals surface area contributed by atoms with Crippen LogP contribution in [0.3, 0.4) is 0 Å². The van der Waals surface area contributed by atoms with Crippen molar-refractivity contribution in [2.75, 3.05) is 5.32 Å². The topological polar surface area (TPSA) is 75.5 Å². The largest absolute Gasteiger partial charge is 0.417 e. The van der Waals surface area contributed by atoms with Crippen LogP contribution in [-0.4, -0.2) is 22.6 Å². The average Bonchev–Trinajstić information content (AvgIpc) is 3.01. The molecule has 3 rings (SSSR count). The SMILES string of the molecule is Cc1cccc(-n2c(C)cc(/C=N\NC(=O)C(=O)Nc3ccc(Cl)c(C(F)(F)F)c3)c2C)c1. The number of aryl methyl sites for hydroxylation is 2. The summed E-state index contributed by atoms with van der Waals surface area (Å²) < 4.78 is 40.9. The van der Waals surface area contributed by atoms with Crippen molar-refractivity contribution >= 4 is 35.3 Å². The van der Waals surface area contributed by atoms with Crippen LogP contribution < -0.4 is 10.7 Å². The van der Waals surface area contributed by atoms with E-state index >= 15 is 0 Å². The molecular formula is C23H20ClF3N4O2.